The van der Waals surface area contributed by atoms with Crippen LogP contribution in [0.4, 0.5) is 0 Å². The Morgan fingerprint density at radius 3 is 2.47 bits per heavy atom. The second kappa shape index (κ2) is 3.55. The van der Waals surface area contributed by atoms with E-state index in [1.807, 2.05) is 0 Å². The lowest BCUT2D eigenvalue weighted by Crippen LogP contribution is -2.52. The minimum Gasteiger partial charge on any atom is -0.392 e. The Hall–Kier alpha value is -0.120. The van der Waals surface area contributed by atoms with E-state index in [0.29, 0.717) is 17.8 Å². The fraction of sp³-hybridized carbons (Fsp3) is 1.00. The number of aliphatic hydroxyl groups excluding tert-OH is 1. The first-order valence-corrected chi connectivity index (χ1v) is 7.87. The van der Waals surface area contributed by atoms with Crippen molar-refractivity contribution in [2.24, 2.45) is 28.6 Å². The fourth-order valence-corrected chi connectivity index (χ4v) is 6.12. The third-order valence-electron chi connectivity index (χ3n) is 6.96. The molecule has 3 heteroatoms. The van der Waals surface area contributed by atoms with Gasteiger partial charge in [-0.15, -0.1) is 0 Å². The first-order valence-electron chi connectivity index (χ1n) is 7.87. The predicted molar refractivity (Wildman–Crippen MR) is 71.5 cm³/mol. The molecule has 0 bridgehead atoms. The summed E-state index contributed by atoms with van der Waals surface area (Å²) < 4.78 is 12.2. The molecule has 4 aliphatic rings. The molecular weight excluding hydrogens is 240 g/mol. The molecule has 5 atom stereocenters. The Balaban J connectivity index is 1.77. The number of fused-ring (bicyclic) bond motifs is 4. The van der Waals surface area contributed by atoms with Crippen LogP contribution in [0.3, 0.4) is 0 Å². The Morgan fingerprint density at radius 2 is 1.79 bits per heavy atom. The maximum absolute atomic E-state index is 10.9. The second-order valence-electron chi connectivity index (χ2n) is 8.13. The highest BCUT2D eigenvalue weighted by Gasteiger charge is 2.72. The first-order chi connectivity index (χ1) is 8.91. The summed E-state index contributed by atoms with van der Waals surface area (Å²) in [5, 5.41) is 10.9. The van der Waals surface area contributed by atoms with Crippen LogP contribution in [0.2, 0.25) is 0 Å². The minimum absolute atomic E-state index is 0.0152. The van der Waals surface area contributed by atoms with Gasteiger partial charge in [-0.25, -0.2) is 0 Å². The molecule has 1 N–H and O–H groups in total. The number of rotatable bonds is 0. The van der Waals surface area contributed by atoms with Crippen LogP contribution >= 0.6 is 0 Å². The van der Waals surface area contributed by atoms with Crippen molar-refractivity contribution in [3.8, 4) is 0 Å². The number of hydrogen-bond acceptors (Lipinski definition) is 3. The SMILES string of the molecule is CC1(C)C[C@H]2C[C@@H]3CCC4(OCCO4)[C@]3(C)[C@H]2[C@@H]1O. The first kappa shape index (κ1) is 12.6. The fourth-order valence-electron chi connectivity index (χ4n) is 6.12. The number of ether oxygens (including phenoxy) is 2. The van der Waals surface area contributed by atoms with Crippen molar-refractivity contribution in [3.63, 3.8) is 0 Å². The van der Waals surface area contributed by atoms with E-state index >= 15 is 0 Å². The van der Waals surface area contributed by atoms with Crippen molar-refractivity contribution in [3.05, 3.63) is 0 Å². The highest BCUT2D eigenvalue weighted by Crippen LogP contribution is 2.71. The van der Waals surface area contributed by atoms with E-state index in [-0.39, 0.29) is 16.9 Å². The lowest BCUT2D eigenvalue weighted by molar-refractivity contribution is -0.243. The van der Waals surface area contributed by atoms with E-state index in [4.69, 9.17) is 9.47 Å². The molecule has 0 amide bonds. The molecule has 19 heavy (non-hydrogen) atoms. The van der Waals surface area contributed by atoms with E-state index in [9.17, 15) is 5.11 Å². The zero-order valence-electron chi connectivity index (χ0n) is 12.3. The maximum Gasteiger partial charge on any atom is 0.174 e. The molecule has 4 rings (SSSR count). The van der Waals surface area contributed by atoms with Gasteiger partial charge in [0.05, 0.1) is 19.3 Å². The van der Waals surface area contributed by atoms with Gasteiger partial charge in [0.15, 0.2) is 5.79 Å². The molecule has 0 aromatic rings. The van der Waals surface area contributed by atoms with Gasteiger partial charge in [0, 0.05) is 11.8 Å². The molecule has 0 radical (unpaired) electrons. The normalized spacial score (nSPS) is 53.7. The van der Waals surface area contributed by atoms with E-state index in [2.05, 4.69) is 20.8 Å². The van der Waals surface area contributed by atoms with Crippen LogP contribution in [0.5, 0.6) is 0 Å². The smallest absolute Gasteiger partial charge is 0.174 e. The topological polar surface area (TPSA) is 38.7 Å². The summed E-state index contributed by atoms with van der Waals surface area (Å²) >= 11 is 0. The number of hydrogen-bond donors (Lipinski definition) is 1. The summed E-state index contributed by atoms with van der Waals surface area (Å²) in [6.45, 7) is 8.21. The maximum atomic E-state index is 10.9. The summed E-state index contributed by atoms with van der Waals surface area (Å²) in [6, 6.07) is 0. The van der Waals surface area contributed by atoms with Crippen LogP contribution in [0.15, 0.2) is 0 Å². The highest BCUT2D eigenvalue weighted by atomic mass is 16.7. The van der Waals surface area contributed by atoms with Gasteiger partial charge in [-0.2, -0.15) is 0 Å². The van der Waals surface area contributed by atoms with Crippen LogP contribution in [0, 0.1) is 28.6 Å². The Labute approximate surface area is 115 Å². The van der Waals surface area contributed by atoms with Gasteiger partial charge < -0.3 is 14.6 Å². The molecule has 0 aromatic carbocycles. The summed E-state index contributed by atoms with van der Waals surface area (Å²) in [5.74, 6) is 1.29. The van der Waals surface area contributed by atoms with E-state index in [1.54, 1.807) is 0 Å². The van der Waals surface area contributed by atoms with E-state index in [0.717, 1.165) is 26.1 Å². The van der Waals surface area contributed by atoms with Gasteiger partial charge in [-0.1, -0.05) is 20.8 Å². The van der Waals surface area contributed by atoms with Crippen molar-refractivity contribution in [1.29, 1.82) is 0 Å². The molecule has 108 valence electrons. The number of aliphatic hydroxyl groups is 1. The molecular formula is C16H26O3. The van der Waals surface area contributed by atoms with E-state index < -0.39 is 5.79 Å². The molecule has 0 unspecified atom stereocenters. The summed E-state index contributed by atoms with van der Waals surface area (Å²) in [7, 11) is 0. The van der Waals surface area contributed by atoms with Crippen molar-refractivity contribution >= 4 is 0 Å². The van der Waals surface area contributed by atoms with Crippen LogP contribution < -0.4 is 0 Å². The third-order valence-corrected chi connectivity index (χ3v) is 6.96. The largest absolute Gasteiger partial charge is 0.392 e. The van der Waals surface area contributed by atoms with Gasteiger partial charge in [-0.3, -0.25) is 0 Å². The average Bonchev–Trinajstić information content (AvgIpc) is 3.01. The lowest BCUT2D eigenvalue weighted by Gasteiger charge is -2.45. The lowest BCUT2D eigenvalue weighted by atomic mass is 9.68. The molecule has 1 aliphatic heterocycles. The van der Waals surface area contributed by atoms with Gasteiger partial charge in [0.25, 0.3) is 0 Å². The molecule has 1 saturated heterocycles. The molecule has 3 nitrogen and oxygen atoms in total. The molecule has 1 spiro atoms. The summed E-state index contributed by atoms with van der Waals surface area (Å²) in [5.41, 5.74) is 0.0626. The summed E-state index contributed by atoms with van der Waals surface area (Å²) in [6.07, 6.45) is 4.42. The van der Waals surface area contributed by atoms with Gasteiger partial charge in [0.1, 0.15) is 0 Å². The van der Waals surface area contributed by atoms with Crippen LogP contribution in [0.1, 0.15) is 46.5 Å². The van der Waals surface area contributed by atoms with Gasteiger partial charge in [0.2, 0.25) is 0 Å². The second-order valence-corrected chi connectivity index (χ2v) is 8.13. The van der Waals surface area contributed by atoms with Crippen molar-refractivity contribution in [1.82, 2.24) is 0 Å². The third kappa shape index (κ3) is 1.30. The quantitative estimate of drug-likeness (QED) is 0.732. The van der Waals surface area contributed by atoms with Crippen LogP contribution in [-0.2, 0) is 9.47 Å². The van der Waals surface area contributed by atoms with Crippen molar-refractivity contribution < 1.29 is 14.6 Å². The molecule has 1 heterocycles. The van der Waals surface area contributed by atoms with Crippen molar-refractivity contribution in [2.45, 2.75) is 58.3 Å². The van der Waals surface area contributed by atoms with Crippen LogP contribution in [0.25, 0.3) is 0 Å². The van der Waals surface area contributed by atoms with Crippen LogP contribution in [-0.4, -0.2) is 30.2 Å². The molecule has 3 aliphatic carbocycles. The Morgan fingerprint density at radius 1 is 1.11 bits per heavy atom. The Kier molecular flexibility index (Phi) is 2.36. The summed E-state index contributed by atoms with van der Waals surface area (Å²) in [4.78, 5) is 0. The molecule has 4 fully saturated rings. The van der Waals surface area contributed by atoms with E-state index in [1.165, 1.54) is 12.8 Å². The zero-order chi connectivity index (χ0) is 13.5. The minimum atomic E-state index is -0.390. The monoisotopic (exact) mass is 266 g/mol. The molecule has 0 aromatic heterocycles. The highest BCUT2D eigenvalue weighted by molar-refractivity contribution is 5.18. The molecule has 3 saturated carbocycles. The van der Waals surface area contributed by atoms with Gasteiger partial charge >= 0.3 is 0 Å². The standard InChI is InChI=1S/C16H26O3/c1-14(2)9-10-8-11-4-5-16(18-6-7-19-16)15(11,3)12(10)13(14)17/h10-13,17H,4-9H2,1-3H3/t10-,11+,12-,13+,15+/m1/s1. The predicted octanol–water partition coefficient (Wildman–Crippen LogP) is 2.57. The average molecular weight is 266 g/mol. The van der Waals surface area contributed by atoms with Crippen molar-refractivity contribution in [2.75, 3.05) is 13.2 Å². The Bertz CT molecular complexity index is 399. The van der Waals surface area contributed by atoms with Gasteiger partial charge in [-0.05, 0) is 42.4 Å². The zero-order valence-corrected chi connectivity index (χ0v) is 12.3.